The second-order valence-corrected chi connectivity index (χ2v) is 3.41. The SMILES string of the molecule is CC(C)c1ccc(C#I)cc1. The van der Waals surface area contributed by atoms with Gasteiger partial charge in [0.2, 0.25) is 0 Å². The average Bonchev–Trinajstić information content (AvgIpc) is 2.05. The molecule has 0 nitrogen and oxygen atoms in total. The van der Waals surface area contributed by atoms with Gasteiger partial charge < -0.3 is 0 Å². The molecule has 11 heavy (non-hydrogen) atoms. The Balaban J connectivity index is 2.94. The maximum atomic E-state index is 3.06. The van der Waals surface area contributed by atoms with E-state index < -0.39 is 0 Å². The number of hydrogen-bond acceptors (Lipinski definition) is 0. The molecule has 1 heteroatoms. The van der Waals surface area contributed by atoms with Gasteiger partial charge in [-0.15, -0.1) is 0 Å². The van der Waals surface area contributed by atoms with E-state index in [1.807, 2.05) is 0 Å². The number of halogens is 1. The second-order valence-electron chi connectivity index (χ2n) is 2.87. The van der Waals surface area contributed by atoms with E-state index in [1.54, 1.807) is 0 Å². The second kappa shape index (κ2) is 3.93. The van der Waals surface area contributed by atoms with Gasteiger partial charge in [0, 0.05) is 0 Å². The van der Waals surface area contributed by atoms with Crippen LogP contribution in [0.5, 0.6) is 0 Å². The van der Waals surface area contributed by atoms with Crippen molar-refractivity contribution in [2.75, 3.05) is 0 Å². The average molecular weight is 258 g/mol. The van der Waals surface area contributed by atoms with E-state index in [1.165, 1.54) is 5.56 Å². The number of rotatable bonds is 1. The molecule has 0 amide bonds. The van der Waals surface area contributed by atoms with E-state index in [2.05, 4.69) is 63.8 Å². The Kier molecular flexibility index (Phi) is 3.16. The summed E-state index contributed by atoms with van der Waals surface area (Å²) in [4.78, 5) is 0. The topological polar surface area (TPSA) is 0 Å². The molecule has 0 fully saturated rings. The fraction of sp³-hybridized carbons (Fsp3) is 0.300. The Labute approximate surface area is 80.9 Å². The Hall–Kier alpha value is -0.270. The summed E-state index contributed by atoms with van der Waals surface area (Å²) in [6, 6.07) is 8.51. The predicted octanol–water partition coefficient (Wildman–Crippen LogP) is 3.55. The third kappa shape index (κ3) is 2.35. The van der Waals surface area contributed by atoms with Crippen LogP contribution >= 0.6 is 21.9 Å². The van der Waals surface area contributed by atoms with Crippen LogP contribution in [0.15, 0.2) is 24.3 Å². The molecule has 0 aliphatic heterocycles. The van der Waals surface area contributed by atoms with Gasteiger partial charge in [0.15, 0.2) is 0 Å². The van der Waals surface area contributed by atoms with Crippen molar-refractivity contribution in [1.82, 2.24) is 0 Å². The first-order valence-electron chi connectivity index (χ1n) is 3.70. The first kappa shape index (κ1) is 8.82. The minimum atomic E-state index is 0.623. The fourth-order valence-corrected chi connectivity index (χ4v) is 1.29. The van der Waals surface area contributed by atoms with Gasteiger partial charge in [0.25, 0.3) is 0 Å². The molecule has 0 saturated carbocycles. The first-order valence-corrected chi connectivity index (χ1v) is 4.78. The Morgan fingerprint density at radius 1 is 1.18 bits per heavy atom. The van der Waals surface area contributed by atoms with E-state index in [0.29, 0.717) is 5.92 Å². The van der Waals surface area contributed by atoms with Gasteiger partial charge in [-0.3, -0.25) is 0 Å². The van der Waals surface area contributed by atoms with E-state index in [9.17, 15) is 0 Å². The van der Waals surface area contributed by atoms with Crippen molar-refractivity contribution in [2.24, 2.45) is 0 Å². The molecular weight excluding hydrogens is 247 g/mol. The molecule has 0 aromatic heterocycles. The summed E-state index contributed by atoms with van der Waals surface area (Å²) in [5, 5.41) is 0. The third-order valence-electron chi connectivity index (χ3n) is 1.69. The molecule has 1 aromatic carbocycles. The fourth-order valence-electron chi connectivity index (χ4n) is 0.931. The van der Waals surface area contributed by atoms with Gasteiger partial charge in [-0.1, -0.05) is 0 Å². The monoisotopic (exact) mass is 258 g/mol. The van der Waals surface area contributed by atoms with Crippen molar-refractivity contribution in [3.63, 3.8) is 0 Å². The Morgan fingerprint density at radius 3 is 2.09 bits per heavy atom. The van der Waals surface area contributed by atoms with Crippen LogP contribution in [-0.2, 0) is 0 Å². The van der Waals surface area contributed by atoms with Crippen LogP contribution in [0, 0.1) is 3.81 Å². The molecule has 58 valence electrons. The Morgan fingerprint density at radius 2 is 1.73 bits per heavy atom. The van der Waals surface area contributed by atoms with Crippen LogP contribution < -0.4 is 0 Å². The van der Waals surface area contributed by atoms with Crippen molar-refractivity contribution in [3.8, 4) is 3.81 Å². The predicted molar refractivity (Wildman–Crippen MR) is 57.5 cm³/mol. The van der Waals surface area contributed by atoms with Crippen molar-refractivity contribution < 1.29 is 0 Å². The van der Waals surface area contributed by atoms with Crippen LogP contribution in [0.4, 0.5) is 0 Å². The Bertz CT molecular complexity index is 264. The van der Waals surface area contributed by atoms with Crippen LogP contribution in [0.25, 0.3) is 0 Å². The molecule has 0 aliphatic carbocycles. The molecule has 0 heterocycles. The van der Waals surface area contributed by atoms with Crippen molar-refractivity contribution in [1.29, 1.82) is 0 Å². The van der Waals surface area contributed by atoms with Crippen LogP contribution in [0.3, 0.4) is 0 Å². The van der Waals surface area contributed by atoms with Gasteiger partial charge in [0.05, 0.1) is 0 Å². The summed E-state index contributed by atoms with van der Waals surface area (Å²) in [5.41, 5.74) is 2.55. The van der Waals surface area contributed by atoms with E-state index in [-0.39, 0.29) is 0 Å². The quantitative estimate of drug-likeness (QED) is 0.676. The summed E-state index contributed by atoms with van der Waals surface area (Å²) >= 11 is 2.13. The molecule has 0 N–H and O–H groups in total. The zero-order valence-electron chi connectivity index (χ0n) is 6.76. The molecule has 0 atom stereocenters. The molecule has 0 radical (unpaired) electrons. The summed E-state index contributed by atoms with van der Waals surface area (Å²) in [6.45, 7) is 4.40. The van der Waals surface area contributed by atoms with Crippen LogP contribution in [-0.4, -0.2) is 0 Å². The molecular formula is C10H11I. The molecule has 0 unspecified atom stereocenters. The maximum absolute atomic E-state index is 3.06. The van der Waals surface area contributed by atoms with Crippen molar-refractivity contribution in [2.45, 2.75) is 19.8 Å². The zero-order valence-corrected chi connectivity index (χ0v) is 8.92. The van der Waals surface area contributed by atoms with Gasteiger partial charge in [-0.2, -0.15) is 0 Å². The first-order chi connectivity index (χ1) is 5.24. The zero-order chi connectivity index (χ0) is 8.27. The summed E-state index contributed by atoms with van der Waals surface area (Å²) in [7, 11) is 0. The normalized spacial score (nSPS) is 9.73. The number of benzene rings is 1. The minimum absolute atomic E-state index is 0.623. The molecule has 0 saturated heterocycles. The van der Waals surface area contributed by atoms with Crippen LogP contribution in [0.1, 0.15) is 30.9 Å². The van der Waals surface area contributed by atoms with Gasteiger partial charge in [0.1, 0.15) is 0 Å². The van der Waals surface area contributed by atoms with Crippen molar-refractivity contribution >= 4 is 21.9 Å². The third-order valence-corrected chi connectivity index (χ3v) is 2.31. The summed E-state index contributed by atoms with van der Waals surface area (Å²) in [6.07, 6.45) is 0. The van der Waals surface area contributed by atoms with Crippen LogP contribution in [0.2, 0.25) is 0 Å². The molecule has 1 rings (SSSR count). The number of hydrogen-bond donors (Lipinski definition) is 0. The molecule has 1 aromatic rings. The van der Waals surface area contributed by atoms with E-state index >= 15 is 0 Å². The molecule has 0 aliphatic rings. The summed E-state index contributed by atoms with van der Waals surface area (Å²) < 4.78 is 3.06. The molecule has 0 spiro atoms. The van der Waals surface area contributed by atoms with E-state index in [4.69, 9.17) is 0 Å². The standard InChI is InChI=1S/C10H11I/c1-8(2)10-5-3-9(7-11)4-6-10/h3-6,8H,1-2H3. The summed E-state index contributed by atoms with van der Waals surface area (Å²) in [5.74, 6) is 0.623. The van der Waals surface area contributed by atoms with Crippen molar-refractivity contribution in [3.05, 3.63) is 35.4 Å². The molecule has 0 bridgehead atoms. The van der Waals surface area contributed by atoms with Gasteiger partial charge in [-0.25, -0.2) is 0 Å². The van der Waals surface area contributed by atoms with Gasteiger partial charge in [-0.05, 0) is 0 Å². The van der Waals surface area contributed by atoms with E-state index in [0.717, 1.165) is 5.56 Å². The van der Waals surface area contributed by atoms with Gasteiger partial charge >= 0.3 is 80.9 Å².